The first-order valence-electron chi connectivity index (χ1n) is 9.65. The molecule has 1 saturated carbocycles. The molecule has 0 radical (unpaired) electrons. The zero-order chi connectivity index (χ0) is 23.2. The van der Waals surface area contributed by atoms with Gasteiger partial charge in [0.05, 0.1) is 11.1 Å². The summed E-state index contributed by atoms with van der Waals surface area (Å²) in [6.07, 6.45) is 3.22. The summed E-state index contributed by atoms with van der Waals surface area (Å²) < 4.78 is 9.00. The van der Waals surface area contributed by atoms with Crippen molar-refractivity contribution in [3.8, 4) is 0 Å². The number of nitrogens with two attached hydrogens (primary N) is 2. The number of ether oxygens (including phenoxy) is 2. The van der Waals surface area contributed by atoms with Gasteiger partial charge >= 0.3 is 33.0 Å². The van der Waals surface area contributed by atoms with Crippen molar-refractivity contribution in [2.45, 2.75) is 77.7 Å². The van der Waals surface area contributed by atoms with Gasteiger partial charge in [-0.15, -0.1) is 11.5 Å². The molecule has 3 aliphatic rings. The molecule has 0 aromatic heterocycles. The van der Waals surface area contributed by atoms with E-state index >= 15 is 0 Å². The molecule has 3 fully saturated rings. The maximum absolute atomic E-state index is 11.0. The Morgan fingerprint density at radius 2 is 1.06 bits per heavy atom. The van der Waals surface area contributed by atoms with Crippen LogP contribution in [0.4, 0.5) is 0 Å². The van der Waals surface area contributed by atoms with Gasteiger partial charge in [0.1, 0.15) is 0 Å². The first-order chi connectivity index (χ1) is 13.9. The van der Waals surface area contributed by atoms with E-state index in [1.54, 1.807) is 0 Å². The number of hydrogen-bond donors (Lipinski definition) is 2. The van der Waals surface area contributed by atoms with E-state index in [2.05, 4.69) is 9.47 Å². The van der Waals surface area contributed by atoms with E-state index in [-0.39, 0.29) is 44.3 Å². The molecule has 11 heteroatoms. The van der Waals surface area contributed by atoms with Gasteiger partial charge in [-0.25, -0.2) is 9.59 Å². The molecular weight excluding hydrogens is 591 g/mol. The Kier molecular flexibility index (Phi) is 11.9. The van der Waals surface area contributed by atoms with Crippen LogP contribution in [0, 0.1) is 0 Å². The summed E-state index contributed by atoms with van der Waals surface area (Å²) in [5.41, 5.74) is 10.6. The van der Waals surface area contributed by atoms with Gasteiger partial charge in [-0.3, -0.25) is 9.59 Å². The summed E-state index contributed by atoms with van der Waals surface area (Å²) >= 11 is 0. The largest absolute Gasteiger partial charge is 2.00 e. The predicted molar refractivity (Wildman–Crippen MR) is 101 cm³/mol. The van der Waals surface area contributed by atoms with Crippen molar-refractivity contribution in [1.82, 2.24) is 0 Å². The molecule has 2 aliphatic heterocycles. The van der Waals surface area contributed by atoms with Crippen molar-refractivity contribution in [1.29, 1.82) is 0 Å². The average molecular weight is 620 g/mol. The molecule has 176 valence electrons. The van der Waals surface area contributed by atoms with Crippen LogP contribution in [0.25, 0.3) is 0 Å². The van der Waals surface area contributed by atoms with Crippen LogP contribution in [0.1, 0.15) is 53.4 Å². The summed E-state index contributed by atoms with van der Waals surface area (Å²) in [6.45, 7) is 5.23. The van der Waals surface area contributed by atoms with Crippen LogP contribution in [0.15, 0.2) is 22.7 Å². The minimum absolute atomic E-state index is 0. The van der Waals surface area contributed by atoms with Crippen molar-refractivity contribution in [3.63, 3.8) is 0 Å². The Morgan fingerprint density at radius 1 is 0.774 bits per heavy atom. The third-order valence-corrected chi connectivity index (χ3v) is 4.79. The Hall–Kier alpha value is -2.03. The Labute approximate surface area is 195 Å². The molecule has 3 rings (SSSR count). The molecule has 0 unspecified atom stereocenters. The van der Waals surface area contributed by atoms with Gasteiger partial charge in [0.25, 0.3) is 0 Å². The molecule has 1 aliphatic carbocycles. The summed E-state index contributed by atoms with van der Waals surface area (Å²) in [5.74, 6) is -3.66. The number of esters is 2. The molecule has 2 heterocycles. The van der Waals surface area contributed by atoms with Crippen LogP contribution in [0.5, 0.6) is 0 Å². The summed E-state index contributed by atoms with van der Waals surface area (Å²) in [6, 6.07) is 0.562. The maximum Gasteiger partial charge on any atom is 2.00 e. The second-order valence-electron chi connectivity index (χ2n) is 7.30. The normalized spacial score (nSPS) is 30.6. The van der Waals surface area contributed by atoms with Crippen LogP contribution in [-0.4, -0.2) is 47.8 Å². The zero-order valence-electron chi connectivity index (χ0n) is 17.9. The van der Waals surface area contributed by atoms with E-state index in [9.17, 15) is 29.4 Å². The van der Waals surface area contributed by atoms with Crippen molar-refractivity contribution in [2.24, 2.45) is 11.5 Å². The number of carbonyl (C=O) groups excluding carboxylic acids is 4. The predicted octanol–water partition coefficient (Wildman–Crippen LogP) is -1.52. The average Bonchev–Trinajstić information content (AvgIpc) is 3.05. The molecule has 4 N–H and O–H groups in total. The third kappa shape index (κ3) is 7.87. The van der Waals surface area contributed by atoms with Crippen LogP contribution < -0.4 is 21.7 Å². The number of carbonyl (C=O) groups is 4. The zero-order valence-corrected chi connectivity index (χ0v) is 20.1. The fourth-order valence-corrected chi connectivity index (χ4v) is 2.98. The van der Waals surface area contributed by atoms with Crippen LogP contribution in [0.3, 0.4) is 0 Å². The Balaban J connectivity index is 0.000000434. The number of allylic oxidation sites excluding steroid dienone is 2. The fraction of sp³-hybridized carbons (Fsp3) is 0.600. The molecule has 31 heavy (non-hydrogen) atoms. The second-order valence-corrected chi connectivity index (χ2v) is 7.30. The van der Waals surface area contributed by atoms with E-state index in [1.165, 1.54) is 40.5 Å². The molecule has 0 amide bonds. The Morgan fingerprint density at radius 3 is 1.19 bits per heavy atom. The standard InChI is InChI=1S/2C7H8O4.C6H14N2.Pt/c2*1-3(8)5-6(9)4(2)11-7(5)10;7-5-3-1-2-4-6(5)8;/h2*4,8H,1-2H3;5-6H,1-4,7-8H2;/q;;;+2/p-2/b5-3+;5-3-;;/t2*4-;5-,6-;/m001./s1. The first-order valence-corrected chi connectivity index (χ1v) is 9.65. The van der Waals surface area contributed by atoms with E-state index in [0.29, 0.717) is 0 Å². The van der Waals surface area contributed by atoms with Crippen molar-refractivity contribution in [2.75, 3.05) is 0 Å². The molecule has 4 atom stereocenters. The van der Waals surface area contributed by atoms with Gasteiger partial charge in [0.2, 0.25) is 11.6 Å². The fourth-order valence-electron chi connectivity index (χ4n) is 2.98. The van der Waals surface area contributed by atoms with Crippen LogP contribution in [-0.2, 0) is 49.7 Å². The van der Waals surface area contributed by atoms with E-state index in [1.807, 2.05) is 0 Å². The van der Waals surface area contributed by atoms with E-state index < -0.39 is 47.2 Å². The topological polar surface area (TPSA) is 185 Å². The van der Waals surface area contributed by atoms with Gasteiger partial charge in [-0.1, -0.05) is 26.7 Å². The van der Waals surface area contributed by atoms with E-state index in [4.69, 9.17) is 11.5 Å². The molecule has 0 aromatic carbocycles. The summed E-state index contributed by atoms with van der Waals surface area (Å²) in [5, 5.41) is 21.3. The maximum atomic E-state index is 11.0. The first kappa shape index (κ1) is 29.0. The minimum atomic E-state index is -0.796. The van der Waals surface area contributed by atoms with Gasteiger partial charge in [-0.2, -0.15) is 0 Å². The Bertz CT molecular complexity index is 705. The van der Waals surface area contributed by atoms with Gasteiger partial charge in [0, 0.05) is 12.1 Å². The molecule has 0 spiro atoms. The monoisotopic (exact) mass is 619 g/mol. The number of cyclic esters (lactones) is 2. The number of Topliss-reactive ketones (excluding diaryl/α,β-unsaturated/α-hetero) is 2. The minimum Gasteiger partial charge on any atom is -0.875 e. The number of ketones is 2. The smallest absolute Gasteiger partial charge is 0.875 e. The second kappa shape index (κ2) is 12.7. The molecule has 10 nitrogen and oxygen atoms in total. The molecule has 2 saturated heterocycles. The number of hydrogen-bond acceptors (Lipinski definition) is 10. The van der Waals surface area contributed by atoms with Crippen molar-refractivity contribution in [3.05, 3.63) is 22.7 Å². The third-order valence-electron chi connectivity index (χ3n) is 4.79. The van der Waals surface area contributed by atoms with Gasteiger partial charge in [0.15, 0.2) is 12.2 Å². The van der Waals surface area contributed by atoms with Gasteiger partial charge in [-0.05, 0) is 26.7 Å². The van der Waals surface area contributed by atoms with Crippen molar-refractivity contribution < 1.29 is 59.9 Å². The van der Waals surface area contributed by atoms with Gasteiger partial charge < -0.3 is 31.2 Å². The summed E-state index contributed by atoms with van der Waals surface area (Å²) in [7, 11) is 0. The SMILES string of the molecule is C/C([O-])=C1/C(=O)O[C@@H](C)C1=O.C/C([O-])=C1\C(=O)O[C@@H](C)C1=O.N[C@@H]1CCCC[C@H]1N.[Pt+2]. The van der Waals surface area contributed by atoms with Crippen LogP contribution >= 0.6 is 0 Å². The number of rotatable bonds is 0. The van der Waals surface area contributed by atoms with Crippen molar-refractivity contribution >= 4 is 23.5 Å². The molecule has 0 aromatic rings. The molecular formula is C20H28N2O8Pt. The van der Waals surface area contributed by atoms with E-state index in [0.717, 1.165) is 12.8 Å². The molecule has 0 bridgehead atoms. The summed E-state index contributed by atoms with van der Waals surface area (Å²) in [4.78, 5) is 43.4. The quantitative estimate of drug-likeness (QED) is 0.140. The van der Waals surface area contributed by atoms with Crippen LogP contribution in [0.2, 0.25) is 0 Å².